The van der Waals surface area contributed by atoms with Gasteiger partial charge in [0, 0.05) is 36.0 Å². The molecule has 0 unspecified atom stereocenters. The maximum Gasteiger partial charge on any atom is 0.256 e. The Hall–Kier alpha value is -1.66. The minimum Gasteiger partial charge on any atom is -0.494 e. The van der Waals surface area contributed by atoms with E-state index in [2.05, 4.69) is 22.5 Å². The van der Waals surface area contributed by atoms with Gasteiger partial charge < -0.3 is 14.4 Å². The minimum atomic E-state index is -2.45. The van der Waals surface area contributed by atoms with E-state index >= 15 is 0 Å². The fourth-order valence-corrected chi connectivity index (χ4v) is 2.67. The van der Waals surface area contributed by atoms with Crippen molar-refractivity contribution in [2.45, 2.75) is 12.8 Å². The van der Waals surface area contributed by atoms with Gasteiger partial charge in [-0.3, -0.25) is 0 Å². The predicted octanol–water partition coefficient (Wildman–Crippen LogP) is 4.82. The number of methoxy groups -OCH3 is 1. The first-order valence-electron chi connectivity index (χ1n) is 7.57. The van der Waals surface area contributed by atoms with Crippen molar-refractivity contribution < 1.29 is 18.3 Å². The highest BCUT2D eigenvalue weighted by Crippen LogP contribution is 2.34. The van der Waals surface area contributed by atoms with Gasteiger partial charge in [0.2, 0.25) is 0 Å². The van der Waals surface area contributed by atoms with Crippen molar-refractivity contribution in [2.75, 3.05) is 26.9 Å². The molecule has 1 heterocycles. The number of nitrogens with zero attached hydrogens (tertiary/aromatic N) is 1. The zero-order chi connectivity index (χ0) is 17.5. The number of benzene rings is 1. The Morgan fingerprint density at radius 1 is 1.17 bits per heavy atom. The average molecular weight is 400 g/mol. The van der Waals surface area contributed by atoms with Crippen LogP contribution in [0.1, 0.15) is 12.0 Å². The number of rotatable bonds is 8. The van der Waals surface area contributed by atoms with E-state index in [1.165, 1.54) is 4.90 Å². The van der Waals surface area contributed by atoms with Crippen molar-refractivity contribution in [1.82, 2.24) is 4.90 Å². The van der Waals surface area contributed by atoms with Crippen molar-refractivity contribution in [1.29, 1.82) is 0 Å². The van der Waals surface area contributed by atoms with Gasteiger partial charge in [0.1, 0.15) is 5.75 Å². The number of hydrogen-bond acceptors (Lipinski definition) is 3. The summed E-state index contributed by atoms with van der Waals surface area (Å²) in [6, 6.07) is 7.38. The fraction of sp³-hybridized carbons (Fsp3) is 0.333. The van der Waals surface area contributed by atoms with Gasteiger partial charge in [-0.25, -0.2) is 8.78 Å². The molecule has 1 aromatic rings. The molecule has 0 saturated heterocycles. The van der Waals surface area contributed by atoms with Crippen molar-refractivity contribution >= 4 is 21.6 Å². The van der Waals surface area contributed by atoms with Gasteiger partial charge in [-0.1, -0.05) is 6.58 Å². The van der Waals surface area contributed by atoms with Crippen LogP contribution in [-0.4, -0.2) is 38.2 Å². The van der Waals surface area contributed by atoms with Gasteiger partial charge >= 0.3 is 0 Å². The van der Waals surface area contributed by atoms with Crippen LogP contribution in [-0.2, 0) is 4.74 Å². The summed E-state index contributed by atoms with van der Waals surface area (Å²) in [7, 11) is 1.65. The van der Waals surface area contributed by atoms with E-state index < -0.39 is 13.0 Å². The molecule has 1 aliphatic rings. The Morgan fingerprint density at radius 3 is 2.50 bits per heavy atom. The predicted molar refractivity (Wildman–Crippen MR) is 95.3 cm³/mol. The van der Waals surface area contributed by atoms with Crippen LogP contribution in [0.2, 0.25) is 0 Å². The third kappa shape index (κ3) is 4.92. The molecule has 0 aromatic heterocycles. The van der Waals surface area contributed by atoms with Crippen LogP contribution >= 0.6 is 15.9 Å². The Bertz CT molecular complexity index is 626. The molecule has 24 heavy (non-hydrogen) atoms. The summed E-state index contributed by atoms with van der Waals surface area (Å²) in [5.74, 6) is 0.738. The number of allylic oxidation sites excluding steroid dienone is 3. The van der Waals surface area contributed by atoms with E-state index in [4.69, 9.17) is 9.47 Å². The molecule has 0 bridgehead atoms. The average Bonchev–Trinajstić information content (AvgIpc) is 2.56. The Labute approximate surface area is 149 Å². The van der Waals surface area contributed by atoms with E-state index in [-0.39, 0.29) is 0 Å². The Balaban J connectivity index is 2.12. The van der Waals surface area contributed by atoms with Crippen molar-refractivity contribution in [3.8, 4) is 5.75 Å². The first-order valence-corrected chi connectivity index (χ1v) is 8.37. The summed E-state index contributed by atoms with van der Waals surface area (Å²) < 4.78 is 37.1. The number of ether oxygens (including phenoxy) is 2. The zero-order valence-corrected chi connectivity index (χ0v) is 15.1. The van der Waals surface area contributed by atoms with Crippen molar-refractivity contribution in [2.24, 2.45) is 0 Å². The van der Waals surface area contributed by atoms with Gasteiger partial charge in [-0.2, -0.15) is 0 Å². The summed E-state index contributed by atoms with van der Waals surface area (Å²) in [6.45, 7) is 4.70. The van der Waals surface area contributed by atoms with Crippen LogP contribution in [0, 0.1) is 0 Å². The summed E-state index contributed by atoms with van der Waals surface area (Å²) in [4.78, 5) is 1.52. The molecule has 2 rings (SSSR count). The quantitative estimate of drug-likeness (QED) is 0.585. The van der Waals surface area contributed by atoms with E-state index in [0.29, 0.717) is 29.1 Å². The van der Waals surface area contributed by atoms with Crippen LogP contribution in [0.15, 0.2) is 53.2 Å². The highest BCUT2D eigenvalue weighted by molar-refractivity contribution is 9.12. The zero-order valence-electron chi connectivity index (χ0n) is 13.5. The fourth-order valence-electron chi connectivity index (χ4n) is 2.33. The smallest absolute Gasteiger partial charge is 0.256 e. The molecular formula is C18H20BrF2NO2. The first-order chi connectivity index (χ1) is 11.5. The number of alkyl halides is 2. The van der Waals surface area contributed by atoms with Crippen molar-refractivity contribution in [3.63, 3.8) is 0 Å². The molecule has 6 heteroatoms. The normalized spacial score (nSPS) is 14.7. The molecule has 0 atom stereocenters. The molecule has 130 valence electrons. The van der Waals surface area contributed by atoms with Gasteiger partial charge in [0.25, 0.3) is 6.43 Å². The van der Waals surface area contributed by atoms with Gasteiger partial charge in [0.15, 0.2) is 0 Å². The molecule has 0 spiro atoms. The maximum atomic E-state index is 12.9. The third-order valence-corrected chi connectivity index (χ3v) is 4.23. The van der Waals surface area contributed by atoms with Gasteiger partial charge in [-0.05, 0) is 57.9 Å². The largest absolute Gasteiger partial charge is 0.494 e. The lowest BCUT2D eigenvalue weighted by Gasteiger charge is -2.31. The molecule has 0 saturated carbocycles. The van der Waals surface area contributed by atoms with E-state index in [9.17, 15) is 8.78 Å². The van der Waals surface area contributed by atoms with Gasteiger partial charge in [0.05, 0.1) is 13.2 Å². The highest BCUT2D eigenvalue weighted by atomic mass is 79.9. The second-order valence-electron chi connectivity index (χ2n) is 5.23. The van der Waals surface area contributed by atoms with Crippen LogP contribution in [0.25, 0.3) is 5.70 Å². The van der Waals surface area contributed by atoms with Crippen LogP contribution in [0.5, 0.6) is 5.75 Å². The van der Waals surface area contributed by atoms with Crippen molar-refractivity contribution in [3.05, 3.63) is 58.7 Å². The molecule has 0 amide bonds. The third-order valence-electron chi connectivity index (χ3n) is 3.51. The summed E-state index contributed by atoms with van der Waals surface area (Å²) in [5, 5.41) is 0. The highest BCUT2D eigenvalue weighted by Gasteiger charge is 2.23. The van der Waals surface area contributed by atoms with Crippen LogP contribution in [0.4, 0.5) is 8.78 Å². The second kappa shape index (κ2) is 8.99. The Kier molecular flexibility index (Phi) is 6.99. The molecule has 0 N–H and O–H groups in total. The monoisotopic (exact) mass is 399 g/mol. The number of hydrogen-bond donors (Lipinski definition) is 0. The van der Waals surface area contributed by atoms with E-state index in [1.807, 2.05) is 30.3 Å². The molecule has 0 aliphatic carbocycles. The SMILES string of the molecule is C=C1C(Br)=CC=C(c2ccc(OCCCOC)cc2)N1CC(F)F. The summed E-state index contributed by atoms with van der Waals surface area (Å²) in [6.07, 6.45) is 1.97. The standard InChI is InChI=1S/C18H20BrF2NO2/c1-13-16(19)8-9-17(22(13)12-18(20)21)14-4-6-15(7-5-14)24-11-3-10-23-2/h4-9,18H,1,3,10-12H2,2H3. The molecule has 0 fully saturated rings. The summed E-state index contributed by atoms with van der Waals surface area (Å²) in [5.41, 5.74) is 2.04. The van der Waals surface area contributed by atoms with E-state index in [1.54, 1.807) is 13.2 Å². The molecule has 0 radical (unpaired) electrons. The lowest BCUT2D eigenvalue weighted by molar-refractivity contribution is 0.123. The number of halogens is 3. The Morgan fingerprint density at radius 2 is 1.88 bits per heavy atom. The molecule has 1 aromatic carbocycles. The van der Waals surface area contributed by atoms with Gasteiger partial charge in [-0.15, -0.1) is 0 Å². The topological polar surface area (TPSA) is 21.7 Å². The second-order valence-corrected chi connectivity index (χ2v) is 6.09. The maximum absolute atomic E-state index is 12.9. The minimum absolute atomic E-state index is 0.400. The molecule has 1 aliphatic heterocycles. The van der Waals surface area contributed by atoms with Crippen LogP contribution in [0.3, 0.4) is 0 Å². The molecular weight excluding hydrogens is 380 g/mol. The lowest BCUT2D eigenvalue weighted by Crippen LogP contribution is -2.28. The first kappa shape index (κ1) is 18.7. The van der Waals surface area contributed by atoms with E-state index in [0.717, 1.165) is 17.7 Å². The molecule has 3 nitrogen and oxygen atoms in total. The lowest BCUT2D eigenvalue weighted by atomic mass is 10.1. The summed E-state index contributed by atoms with van der Waals surface area (Å²) >= 11 is 3.34. The van der Waals surface area contributed by atoms with Crippen LogP contribution < -0.4 is 4.74 Å².